The number of nitrogens with zero attached hydrogens (tertiary/aromatic N) is 5. The highest BCUT2D eigenvalue weighted by atomic mass is 16.2. The number of likely N-dealkylation sites (tertiary alicyclic amines) is 1. The summed E-state index contributed by atoms with van der Waals surface area (Å²) < 4.78 is 4.10. The zero-order valence-corrected chi connectivity index (χ0v) is 14.7. The lowest BCUT2D eigenvalue weighted by Crippen LogP contribution is -2.40. The van der Waals surface area contributed by atoms with Crippen LogP contribution in [0.15, 0.2) is 36.9 Å². The van der Waals surface area contributed by atoms with Crippen molar-refractivity contribution in [1.82, 2.24) is 23.8 Å². The number of amides is 1. The largest absolute Gasteiger partial charge is 0.337 e. The molecule has 0 spiro atoms. The van der Waals surface area contributed by atoms with Gasteiger partial charge in [0.25, 0.3) is 5.91 Å². The second-order valence-electron chi connectivity index (χ2n) is 6.71. The summed E-state index contributed by atoms with van der Waals surface area (Å²) >= 11 is 0. The molecule has 3 aromatic rings. The van der Waals surface area contributed by atoms with Gasteiger partial charge >= 0.3 is 0 Å². The number of pyridine rings is 1. The van der Waals surface area contributed by atoms with E-state index < -0.39 is 0 Å². The number of hydrogen-bond acceptors (Lipinski definition) is 3. The van der Waals surface area contributed by atoms with Gasteiger partial charge in [-0.05, 0) is 38.3 Å². The fraction of sp³-hybridized carbons (Fsp3) is 0.421. The van der Waals surface area contributed by atoms with Gasteiger partial charge in [0.15, 0.2) is 0 Å². The van der Waals surface area contributed by atoms with Gasteiger partial charge in [-0.1, -0.05) is 6.07 Å². The molecule has 0 N–H and O–H groups in total. The first kappa shape index (κ1) is 15.9. The van der Waals surface area contributed by atoms with Crippen LogP contribution in [0.25, 0.3) is 5.65 Å². The van der Waals surface area contributed by atoms with E-state index >= 15 is 0 Å². The van der Waals surface area contributed by atoms with Gasteiger partial charge in [-0.15, -0.1) is 0 Å². The topological polar surface area (TPSA) is 55.4 Å². The Labute approximate surface area is 147 Å². The predicted octanol–water partition coefficient (Wildman–Crippen LogP) is 2.88. The van der Waals surface area contributed by atoms with Crippen molar-refractivity contribution in [2.24, 2.45) is 0 Å². The number of carbonyl (C=O) groups is 1. The number of piperidine rings is 1. The summed E-state index contributed by atoms with van der Waals surface area (Å²) in [5.74, 6) is 1.40. The van der Waals surface area contributed by atoms with Crippen LogP contribution in [0.1, 0.15) is 47.6 Å². The SMILES string of the molecule is CCn1ccnc1[C@H]1CCCN(C(=O)c2cn3cccc(C)c3n2)C1. The Kier molecular flexibility index (Phi) is 4.03. The molecule has 6 nitrogen and oxygen atoms in total. The number of aromatic nitrogens is 4. The van der Waals surface area contributed by atoms with E-state index in [-0.39, 0.29) is 5.91 Å². The van der Waals surface area contributed by atoms with Crippen molar-refractivity contribution in [1.29, 1.82) is 0 Å². The summed E-state index contributed by atoms with van der Waals surface area (Å²) in [5.41, 5.74) is 2.44. The molecule has 4 heterocycles. The molecule has 0 aliphatic carbocycles. The first-order valence-corrected chi connectivity index (χ1v) is 8.92. The van der Waals surface area contributed by atoms with Crippen LogP contribution in [0.3, 0.4) is 0 Å². The lowest BCUT2D eigenvalue weighted by Gasteiger charge is -2.32. The van der Waals surface area contributed by atoms with Crippen LogP contribution in [-0.4, -0.2) is 42.8 Å². The van der Waals surface area contributed by atoms with Crippen LogP contribution in [0.4, 0.5) is 0 Å². The highest BCUT2D eigenvalue weighted by molar-refractivity contribution is 5.93. The summed E-state index contributed by atoms with van der Waals surface area (Å²) in [6, 6.07) is 3.98. The van der Waals surface area contributed by atoms with Crippen molar-refractivity contribution in [3.63, 3.8) is 0 Å². The van der Waals surface area contributed by atoms with Gasteiger partial charge in [0.2, 0.25) is 0 Å². The van der Waals surface area contributed by atoms with Crippen molar-refractivity contribution in [3.05, 3.63) is 54.0 Å². The van der Waals surface area contributed by atoms with Crippen molar-refractivity contribution in [2.75, 3.05) is 13.1 Å². The van der Waals surface area contributed by atoms with E-state index in [9.17, 15) is 4.79 Å². The second-order valence-corrected chi connectivity index (χ2v) is 6.71. The van der Waals surface area contributed by atoms with Crippen LogP contribution in [0, 0.1) is 6.92 Å². The third-order valence-corrected chi connectivity index (χ3v) is 5.06. The second kappa shape index (κ2) is 6.35. The van der Waals surface area contributed by atoms with Crippen LogP contribution in [0.5, 0.6) is 0 Å². The Balaban J connectivity index is 1.58. The Morgan fingerprint density at radius 3 is 3.04 bits per heavy atom. The zero-order chi connectivity index (χ0) is 17.4. The normalized spacial score (nSPS) is 18.0. The van der Waals surface area contributed by atoms with Gasteiger partial charge in [-0.25, -0.2) is 9.97 Å². The molecule has 25 heavy (non-hydrogen) atoms. The molecule has 1 amide bonds. The van der Waals surface area contributed by atoms with Gasteiger partial charge in [-0.2, -0.15) is 0 Å². The Bertz CT molecular complexity index is 910. The molecule has 3 aromatic heterocycles. The van der Waals surface area contributed by atoms with Gasteiger partial charge in [0.1, 0.15) is 17.2 Å². The maximum absolute atomic E-state index is 13.0. The Morgan fingerprint density at radius 2 is 2.24 bits per heavy atom. The smallest absolute Gasteiger partial charge is 0.274 e. The first-order chi connectivity index (χ1) is 12.2. The third-order valence-electron chi connectivity index (χ3n) is 5.06. The molecule has 1 aliphatic heterocycles. The molecule has 0 bridgehead atoms. The van der Waals surface area contributed by atoms with Gasteiger partial charge < -0.3 is 13.9 Å². The molecule has 0 aromatic carbocycles. The van der Waals surface area contributed by atoms with E-state index in [1.165, 1.54) is 0 Å². The zero-order valence-electron chi connectivity index (χ0n) is 14.7. The van der Waals surface area contributed by atoms with Crippen molar-refractivity contribution < 1.29 is 4.79 Å². The molecular weight excluding hydrogens is 314 g/mol. The summed E-state index contributed by atoms with van der Waals surface area (Å²) in [6.45, 7) is 6.54. The highest BCUT2D eigenvalue weighted by Gasteiger charge is 2.29. The minimum atomic E-state index is 0.0161. The third kappa shape index (κ3) is 2.81. The molecule has 130 valence electrons. The molecule has 0 unspecified atom stereocenters. The average molecular weight is 337 g/mol. The minimum absolute atomic E-state index is 0.0161. The molecular formula is C19H23N5O. The predicted molar refractivity (Wildman–Crippen MR) is 95.7 cm³/mol. The summed E-state index contributed by atoms with van der Waals surface area (Å²) in [7, 11) is 0. The Hall–Kier alpha value is -2.63. The molecule has 0 saturated carbocycles. The van der Waals surface area contributed by atoms with Crippen molar-refractivity contribution in [3.8, 4) is 0 Å². The number of rotatable bonds is 3. The molecule has 0 radical (unpaired) electrons. The lowest BCUT2D eigenvalue weighted by molar-refractivity contribution is 0.0698. The molecule has 4 rings (SSSR count). The fourth-order valence-corrected chi connectivity index (χ4v) is 3.74. The van der Waals surface area contributed by atoms with E-state index in [0.717, 1.165) is 43.0 Å². The first-order valence-electron chi connectivity index (χ1n) is 8.92. The molecule has 1 fully saturated rings. The fourth-order valence-electron chi connectivity index (χ4n) is 3.74. The van der Waals surface area contributed by atoms with Gasteiger partial charge in [-0.3, -0.25) is 4.79 Å². The molecule has 1 aliphatic rings. The number of aryl methyl sites for hydroxylation is 2. The minimum Gasteiger partial charge on any atom is -0.337 e. The quantitative estimate of drug-likeness (QED) is 0.738. The lowest BCUT2D eigenvalue weighted by atomic mass is 9.97. The molecule has 1 saturated heterocycles. The number of hydrogen-bond donors (Lipinski definition) is 0. The summed E-state index contributed by atoms with van der Waals surface area (Å²) in [5, 5.41) is 0. The number of imidazole rings is 2. The van der Waals surface area contributed by atoms with E-state index in [0.29, 0.717) is 18.2 Å². The van der Waals surface area contributed by atoms with Gasteiger partial charge in [0.05, 0.1) is 0 Å². The maximum atomic E-state index is 13.0. The van der Waals surface area contributed by atoms with E-state index in [1.807, 2.05) is 53.1 Å². The molecule has 6 heteroatoms. The van der Waals surface area contributed by atoms with E-state index in [2.05, 4.69) is 21.5 Å². The number of fused-ring (bicyclic) bond motifs is 1. The standard InChI is InChI=1S/C19H23N5O/c1-3-22-11-8-20-18(22)15-7-5-10-24(12-15)19(25)16-13-23-9-4-6-14(2)17(23)21-16/h4,6,8-9,11,13,15H,3,5,7,10,12H2,1-2H3/t15-/m0/s1. The van der Waals surface area contributed by atoms with Gasteiger partial charge in [0, 0.05) is 50.3 Å². The molecule has 1 atom stereocenters. The number of carbonyl (C=O) groups excluding carboxylic acids is 1. The van der Waals surface area contributed by atoms with Crippen molar-refractivity contribution >= 4 is 11.6 Å². The van der Waals surface area contributed by atoms with E-state index in [4.69, 9.17) is 0 Å². The van der Waals surface area contributed by atoms with Crippen LogP contribution >= 0.6 is 0 Å². The van der Waals surface area contributed by atoms with E-state index in [1.54, 1.807) is 0 Å². The monoisotopic (exact) mass is 337 g/mol. The Morgan fingerprint density at radius 1 is 1.36 bits per heavy atom. The van der Waals surface area contributed by atoms with Crippen LogP contribution in [-0.2, 0) is 6.54 Å². The highest BCUT2D eigenvalue weighted by Crippen LogP contribution is 2.27. The van der Waals surface area contributed by atoms with Crippen LogP contribution < -0.4 is 0 Å². The summed E-state index contributed by atoms with van der Waals surface area (Å²) in [6.07, 6.45) is 9.71. The summed E-state index contributed by atoms with van der Waals surface area (Å²) in [4.78, 5) is 24.0. The maximum Gasteiger partial charge on any atom is 0.274 e. The van der Waals surface area contributed by atoms with Crippen LogP contribution in [0.2, 0.25) is 0 Å². The van der Waals surface area contributed by atoms with Crippen molar-refractivity contribution in [2.45, 2.75) is 39.2 Å². The average Bonchev–Trinajstić information content (AvgIpc) is 3.28.